The maximum absolute atomic E-state index is 11.4. The zero-order valence-electron chi connectivity index (χ0n) is 9.49. The van der Waals surface area contributed by atoms with Crippen molar-refractivity contribution in [3.05, 3.63) is 29.8 Å². The smallest absolute Gasteiger partial charge is 0.319 e. The Hall–Kier alpha value is -1.55. The summed E-state index contributed by atoms with van der Waals surface area (Å²) in [5.41, 5.74) is 1.56. The van der Waals surface area contributed by atoms with Crippen LogP contribution < -0.4 is 10.6 Å². The van der Waals surface area contributed by atoms with Gasteiger partial charge in [-0.05, 0) is 24.1 Å². The van der Waals surface area contributed by atoms with Crippen LogP contribution in [0.4, 0.5) is 10.5 Å². The number of amides is 2. The number of hydrogen-bond acceptors (Lipinski definition) is 2. The van der Waals surface area contributed by atoms with Gasteiger partial charge in [-0.3, -0.25) is 0 Å². The van der Waals surface area contributed by atoms with E-state index in [0.29, 0.717) is 6.54 Å². The first kappa shape index (κ1) is 12.5. The normalized spacial score (nSPS) is 9.88. The minimum Gasteiger partial charge on any atom is -0.392 e. The molecule has 0 saturated carbocycles. The molecule has 0 fully saturated rings. The van der Waals surface area contributed by atoms with Crippen molar-refractivity contribution in [2.24, 2.45) is 0 Å². The number of aliphatic hydroxyl groups is 1. The molecule has 0 aliphatic heterocycles. The van der Waals surface area contributed by atoms with Crippen LogP contribution in [0.2, 0.25) is 0 Å². The Labute approximate surface area is 95.7 Å². The summed E-state index contributed by atoms with van der Waals surface area (Å²) in [6.07, 6.45) is 2.04. The molecule has 0 radical (unpaired) electrons. The van der Waals surface area contributed by atoms with Crippen molar-refractivity contribution in [3.8, 4) is 0 Å². The van der Waals surface area contributed by atoms with Crippen molar-refractivity contribution in [1.82, 2.24) is 5.32 Å². The standard InChI is InChI=1S/C12H18N2O2/c1-2-3-8-13-12(16)14-11-6-4-10(9-15)5-7-11/h4-7,15H,2-3,8-9H2,1H3,(H2,13,14,16). The van der Waals surface area contributed by atoms with Crippen LogP contribution in [0.5, 0.6) is 0 Å². The van der Waals surface area contributed by atoms with Gasteiger partial charge in [-0.1, -0.05) is 25.5 Å². The number of benzene rings is 1. The summed E-state index contributed by atoms with van der Waals surface area (Å²) in [5.74, 6) is 0. The summed E-state index contributed by atoms with van der Waals surface area (Å²) in [6.45, 7) is 2.78. The lowest BCUT2D eigenvalue weighted by molar-refractivity contribution is 0.252. The average Bonchev–Trinajstić information content (AvgIpc) is 2.30. The van der Waals surface area contributed by atoms with Crippen LogP contribution in [0.15, 0.2) is 24.3 Å². The van der Waals surface area contributed by atoms with Crippen LogP contribution in [-0.4, -0.2) is 17.7 Å². The number of unbranched alkanes of at least 4 members (excludes halogenated alkanes) is 1. The lowest BCUT2D eigenvalue weighted by Crippen LogP contribution is -2.29. The first-order valence-electron chi connectivity index (χ1n) is 5.51. The molecule has 0 bridgehead atoms. The van der Waals surface area contributed by atoms with E-state index in [0.717, 1.165) is 24.1 Å². The molecule has 0 heterocycles. The number of rotatable bonds is 5. The predicted molar refractivity (Wildman–Crippen MR) is 64.3 cm³/mol. The van der Waals surface area contributed by atoms with Gasteiger partial charge in [-0.2, -0.15) is 0 Å². The Kier molecular flexibility index (Phi) is 5.36. The van der Waals surface area contributed by atoms with Crippen LogP contribution in [0.25, 0.3) is 0 Å². The topological polar surface area (TPSA) is 61.4 Å². The van der Waals surface area contributed by atoms with E-state index < -0.39 is 0 Å². The molecule has 0 saturated heterocycles. The summed E-state index contributed by atoms with van der Waals surface area (Å²) in [6, 6.07) is 6.91. The molecule has 0 aliphatic rings. The van der Waals surface area contributed by atoms with Gasteiger partial charge >= 0.3 is 6.03 Å². The summed E-state index contributed by atoms with van der Waals surface area (Å²) < 4.78 is 0. The number of carbonyl (C=O) groups is 1. The third kappa shape index (κ3) is 4.31. The van der Waals surface area contributed by atoms with Crippen molar-refractivity contribution in [2.75, 3.05) is 11.9 Å². The number of urea groups is 1. The third-order valence-electron chi connectivity index (χ3n) is 2.21. The van der Waals surface area contributed by atoms with Gasteiger partial charge in [0.1, 0.15) is 0 Å². The number of aliphatic hydroxyl groups excluding tert-OH is 1. The molecule has 88 valence electrons. The van der Waals surface area contributed by atoms with E-state index in [1.807, 2.05) is 0 Å². The summed E-state index contributed by atoms with van der Waals surface area (Å²) >= 11 is 0. The third-order valence-corrected chi connectivity index (χ3v) is 2.21. The van der Waals surface area contributed by atoms with Crippen molar-refractivity contribution in [1.29, 1.82) is 0 Å². The maximum atomic E-state index is 11.4. The molecule has 16 heavy (non-hydrogen) atoms. The maximum Gasteiger partial charge on any atom is 0.319 e. The lowest BCUT2D eigenvalue weighted by Gasteiger charge is -2.07. The molecular formula is C12H18N2O2. The molecule has 4 nitrogen and oxygen atoms in total. The van der Waals surface area contributed by atoms with E-state index in [9.17, 15) is 4.79 Å². The van der Waals surface area contributed by atoms with E-state index in [1.54, 1.807) is 24.3 Å². The monoisotopic (exact) mass is 222 g/mol. The fraction of sp³-hybridized carbons (Fsp3) is 0.417. The SMILES string of the molecule is CCCCNC(=O)Nc1ccc(CO)cc1. The van der Waals surface area contributed by atoms with Crippen LogP contribution in [-0.2, 0) is 6.61 Å². The Morgan fingerprint density at radius 3 is 2.56 bits per heavy atom. The van der Waals surface area contributed by atoms with Gasteiger partial charge in [0, 0.05) is 12.2 Å². The van der Waals surface area contributed by atoms with Gasteiger partial charge in [-0.25, -0.2) is 4.79 Å². The molecule has 1 aromatic rings. The summed E-state index contributed by atoms with van der Waals surface area (Å²) in [7, 11) is 0. The zero-order valence-corrected chi connectivity index (χ0v) is 9.49. The van der Waals surface area contributed by atoms with Crippen molar-refractivity contribution in [3.63, 3.8) is 0 Å². The fourth-order valence-electron chi connectivity index (χ4n) is 1.25. The highest BCUT2D eigenvalue weighted by atomic mass is 16.3. The second-order valence-corrected chi connectivity index (χ2v) is 3.59. The first-order chi connectivity index (χ1) is 7.76. The highest BCUT2D eigenvalue weighted by molar-refractivity contribution is 5.89. The lowest BCUT2D eigenvalue weighted by atomic mass is 10.2. The fourth-order valence-corrected chi connectivity index (χ4v) is 1.25. The Balaban J connectivity index is 2.37. The number of nitrogens with one attached hydrogen (secondary N) is 2. The van der Waals surface area contributed by atoms with Gasteiger partial charge in [-0.15, -0.1) is 0 Å². The molecule has 0 aromatic heterocycles. The summed E-state index contributed by atoms with van der Waals surface area (Å²) in [4.78, 5) is 11.4. The Morgan fingerprint density at radius 1 is 1.31 bits per heavy atom. The van der Waals surface area contributed by atoms with E-state index in [2.05, 4.69) is 17.6 Å². The first-order valence-corrected chi connectivity index (χ1v) is 5.51. The molecule has 2 amide bonds. The van der Waals surface area contributed by atoms with Crippen LogP contribution in [0.1, 0.15) is 25.3 Å². The molecule has 0 spiro atoms. The molecule has 0 unspecified atom stereocenters. The number of carbonyl (C=O) groups excluding carboxylic acids is 1. The summed E-state index contributed by atoms with van der Waals surface area (Å²) in [5, 5.41) is 14.3. The van der Waals surface area contributed by atoms with E-state index in [-0.39, 0.29) is 12.6 Å². The van der Waals surface area contributed by atoms with Gasteiger partial charge in [0.05, 0.1) is 6.61 Å². The van der Waals surface area contributed by atoms with Crippen LogP contribution in [0, 0.1) is 0 Å². The Bertz CT molecular complexity index is 322. The van der Waals surface area contributed by atoms with E-state index >= 15 is 0 Å². The van der Waals surface area contributed by atoms with Crippen molar-refractivity contribution < 1.29 is 9.90 Å². The van der Waals surface area contributed by atoms with E-state index in [4.69, 9.17) is 5.11 Å². The molecule has 0 atom stereocenters. The van der Waals surface area contributed by atoms with Gasteiger partial charge in [0.25, 0.3) is 0 Å². The average molecular weight is 222 g/mol. The molecular weight excluding hydrogens is 204 g/mol. The molecule has 0 aliphatic carbocycles. The predicted octanol–water partition coefficient (Wildman–Crippen LogP) is 2.10. The second kappa shape index (κ2) is 6.85. The largest absolute Gasteiger partial charge is 0.392 e. The van der Waals surface area contributed by atoms with Crippen molar-refractivity contribution in [2.45, 2.75) is 26.4 Å². The second-order valence-electron chi connectivity index (χ2n) is 3.59. The highest BCUT2D eigenvalue weighted by Gasteiger charge is 2.00. The quantitative estimate of drug-likeness (QED) is 0.668. The molecule has 1 rings (SSSR count). The van der Waals surface area contributed by atoms with Crippen LogP contribution >= 0.6 is 0 Å². The van der Waals surface area contributed by atoms with Gasteiger partial charge in [0.15, 0.2) is 0 Å². The van der Waals surface area contributed by atoms with Crippen molar-refractivity contribution >= 4 is 11.7 Å². The number of anilines is 1. The Morgan fingerprint density at radius 2 is 2.00 bits per heavy atom. The van der Waals surface area contributed by atoms with Gasteiger partial charge < -0.3 is 15.7 Å². The van der Waals surface area contributed by atoms with Gasteiger partial charge in [0.2, 0.25) is 0 Å². The molecule has 4 heteroatoms. The zero-order chi connectivity index (χ0) is 11.8. The minimum atomic E-state index is -0.190. The van der Waals surface area contributed by atoms with E-state index in [1.165, 1.54) is 0 Å². The molecule has 1 aromatic carbocycles. The molecule has 3 N–H and O–H groups in total. The van der Waals surface area contributed by atoms with Crippen LogP contribution in [0.3, 0.4) is 0 Å². The number of hydrogen-bond donors (Lipinski definition) is 3. The highest BCUT2D eigenvalue weighted by Crippen LogP contribution is 2.08. The minimum absolute atomic E-state index is 0.0168.